The highest BCUT2D eigenvalue weighted by molar-refractivity contribution is 6.30. The van der Waals surface area contributed by atoms with E-state index >= 15 is 0 Å². The highest BCUT2D eigenvalue weighted by Crippen LogP contribution is 2.36. The van der Waals surface area contributed by atoms with Crippen molar-refractivity contribution in [2.75, 3.05) is 13.1 Å². The number of carbonyl (C=O) groups excluding carboxylic acids is 3. The summed E-state index contributed by atoms with van der Waals surface area (Å²) >= 11 is 5.91. The summed E-state index contributed by atoms with van der Waals surface area (Å²) in [5.74, 6) is -0.275. The van der Waals surface area contributed by atoms with Gasteiger partial charge in [-0.3, -0.25) is 14.5 Å². The first-order chi connectivity index (χ1) is 17.3. The number of benzene rings is 2. The van der Waals surface area contributed by atoms with E-state index in [1.165, 1.54) is 4.90 Å². The van der Waals surface area contributed by atoms with E-state index in [0.29, 0.717) is 24.5 Å². The van der Waals surface area contributed by atoms with Gasteiger partial charge >= 0.3 is 6.03 Å². The second-order valence-corrected chi connectivity index (χ2v) is 10.6. The first-order valence-electron chi connectivity index (χ1n) is 13.0. The Balaban J connectivity index is 1.34. The first kappa shape index (κ1) is 26.2. The van der Waals surface area contributed by atoms with Gasteiger partial charge in [-0.15, -0.1) is 0 Å². The number of urea groups is 1. The fourth-order valence-corrected chi connectivity index (χ4v) is 5.52. The second kappa shape index (κ2) is 11.9. The topological polar surface area (TPSA) is 69.7 Å². The SMILES string of the molecule is Cc1ccc(C)c(CN2C(=O)N(CCCC(=O)NCCc3ccc(Cl)cc3)C(=O)C3CCCCC32)c1. The van der Waals surface area contributed by atoms with E-state index in [-0.39, 0.29) is 42.8 Å². The van der Waals surface area contributed by atoms with E-state index in [1.807, 2.05) is 29.2 Å². The van der Waals surface area contributed by atoms with Crippen molar-refractivity contribution < 1.29 is 14.4 Å². The normalized spacial score (nSPS) is 19.9. The van der Waals surface area contributed by atoms with Crippen LogP contribution in [0.25, 0.3) is 0 Å². The minimum atomic E-state index is -0.216. The van der Waals surface area contributed by atoms with Gasteiger partial charge in [0, 0.05) is 37.1 Å². The minimum Gasteiger partial charge on any atom is -0.356 e. The number of rotatable bonds is 9. The molecule has 0 radical (unpaired) electrons. The van der Waals surface area contributed by atoms with Crippen LogP contribution < -0.4 is 5.32 Å². The van der Waals surface area contributed by atoms with Crippen LogP contribution in [0.2, 0.25) is 5.02 Å². The monoisotopic (exact) mass is 509 g/mol. The summed E-state index contributed by atoms with van der Waals surface area (Å²) in [4.78, 5) is 42.5. The molecule has 2 aromatic rings. The molecule has 6 nitrogen and oxygen atoms in total. The van der Waals surface area contributed by atoms with Crippen LogP contribution in [0.4, 0.5) is 4.79 Å². The van der Waals surface area contributed by atoms with E-state index in [1.54, 1.807) is 0 Å². The zero-order chi connectivity index (χ0) is 25.7. The smallest absolute Gasteiger partial charge is 0.327 e. The van der Waals surface area contributed by atoms with Crippen molar-refractivity contribution >= 4 is 29.4 Å². The summed E-state index contributed by atoms with van der Waals surface area (Å²) in [5, 5.41) is 3.62. The summed E-state index contributed by atoms with van der Waals surface area (Å²) in [6.45, 7) is 5.45. The number of carbonyl (C=O) groups is 3. The zero-order valence-corrected chi connectivity index (χ0v) is 22.0. The fourth-order valence-electron chi connectivity index (χ4n) is 5.39. The summed E-state index contributed by atoms with van der Waals surface area (Å²) in [7, 11) is 0. The summed E-state index contributed by atoms with van der Waals surface area (Å²) < 4.78 is 0. The van der Waals surface area contributed by atoms with Crippen LogP contribution in [0.15, 0.2) is 42.5 Å². The third-order valence-electron chi connectivity index (χ3n) is 7.47. The molecule has 1 saturated carbocycles. The molecule has 1 heterocycles. The molecule has 192 valence electrons. The molecule has 36 heavy (non-hydrogen) atoms. The van der Waals surface area contributed by atoms with Gasteiger partial charge in [0.05, 0.1) is 5.92 Å². The van der Waals surface area contributed by atoms with Crippen LogP contribution in [0.5, 0.6) is 0 Å². The van der Waals surface area contributed by atoms with Gasteiger partial charge in [0.25, 0.3) is 0 Å². The maximum Gasteiger partial charge on any atom is 0.327 e. The Bertz CT molecular complexity index is 1100. The van der Waals surface area contributed by atoms with E-state index in [9.17, 15) is 14.4 Å². The van der Waals surface area contributed by atoms with Gasteiger partial charge in [-0.1, -0.05) is 60.3 Å². The molecule has 2 aromatic carbocycles. The highest BCUT2D eigenvalue weighted by atomic mass is 35.5. The molecular weight excluding hydrogens is 474 g/mol. The third kappa shape index (κ3) is 6.28. The number of halogens is 1. The van der Waals surface area contributed by atoms with Crippen LogP contribution in [0, 0.1) is 19.8 Å². The van der Waals surface area contributed by atoms with Crippen molar-refractivity contribution in [1.82, 2.24) is 15.1 Å². The Morgan fingerprint density at radius 1 is 1.06 bits per heavy atom. The van der Waals surface area contributed by atoms with Gasteiger partial charge in [0.15, 0.2) is 0 Å². The van der Waals surface area contributed by atoms with Crippen molar-refractivity contribution in [2.45, 2.75) is 71.4 Å². The average molecular weight is 510 g/mol. The number of fused-ring (bicyclic) bond motifs is 1. The van der Waals surface area contributed by atoms with E-state index < -0.39 is 0 Å². The van der Waals surface area contributed by atoms with Gasteiger partial charge in [-0.2, -0.15) is 0 Å². The van der Waals surface area contributed by atoms with Crippen molar-refractivity contribution in [3.05, 3.63) is 69.7 Å². The molecule has 2 unspecified atom stereocenters. The summed E-state index contributed by atoms with van der Waals surface area (Å²) in [6, 6.07) is 13.6. The summed E-state index contributed by atoms with van der Waals surface area (Å²) in [5.41, 5.74) is 4.55. The number of aryl methyl sites for hydroxylation is 2. The molecule has 0 spiro atoms. The predicted octanol–water partition coefficient (Wildman–Crippen LogP) is 5.42. The number of nitrogens with one attached hydrogen (secondary N) is 1. The quantitative estimate of drug-likeness (QED) is 0.490. The molecule has 1 aliphatic carbocycles. The number of imide groups is 1. The lowest BCUT2D eigenvalue weighted by Crippen LogP contribution is -2.62. The fraction of sp³-hybridized carbons (Fsp3) is 0.483. The Hall–Kier alpha value is -2.86. The molecule has 2 atom stereocenters. The van der Waals surface area contributed by atoms with Gasteiger partial charge in [-0.05, 0) is 68.4 Å². The molecular formula is C29H36ClN3O3. The maximum atomic E-state index is 13.5. The second-order valence-electron chi connectivity index (χ2n) is 10.1. The van der Waals surface area contributed by atoms with Crippen LogP contribution in [-0.2, 0) is 22.6 Å². The van der Waals surface area contributed by atoms with Crippen molar-refractivity contribution in [1.29, 1.82) is 0 Å². The van der Waals surface area contributed by atoms with Crippen LogP contribution >= 0.6 is 11.6 Å². The Morgan fingerprint density at radius 2 is 1.81 bits per heavy atom. The van der Waals surface area contributed by atoms with E-state index in [4.69, 9.17) is 11.6 Å². The lowest BCUT2D eigenvalue weighted by atomic mass is 9.81. The number of amides is 4. The van der Waals surface area contributed by atoms with Gasteiger partial charge in [0.1, 0.15) is 0 Å². The molecule has 2 aliphatic rings. The lowest BCUT2D eigenvalue weighted by Gasteiger charge is -2.47. The van der Waals surface area contributed by atoms with E-state index in [0.717, 1.165) is 54.4 Å². The molecule has 1 saturated heterocycles. The van der Waals surface area contributed by atoms with E-state index in [2.05, 4.69) is 37.4 Å². The third-order valence-corrected chi connectivity index (χ3v) is 7.72. The predicted molar refractivity (Wildman–Crippen MR) is 142 cm³/mol. The maximum absolute atomic E-state index is 13.5. The number of hydrogen-bond acceptors (Lipinski definition) is 3. The van der Waals surface area contributed by atoms with Crippen molar-refractivity contribution in [3.63, 3.8) is 0 Å². The molecule has 4 amide bonds. The molecule has 1 aliphatic heterocycles. The van der Waals surface area contributed by atoms with Gasteiger partial charge in [0.2, 0.25) is 11.8 Å². The molecule has 0 aromatic heterocycles. The van der Waals surface area contributed by atoms with Crippen molar-refractivity contribution in [2.24, 2.45) is 5.92 Å². The molecule has 1 N–H and O–H groups in total. The zero-order valence-electron chi connectivity index (χ0n) is 21.3. The minimum absolute atomic E-state index is 0.0360. The Labute approximate surface area is 219 Å². The first-order valence-corrected chi connectivity index (χ1v) is 13.4. The molecule has 7 heteroatoms. The van der Waals surface area contributed by atoms with Crippen LogP contribution in [0.3, 0.4) is 0 Å². The highest BCUT2D eigenvalue weighted by Gasteiger charge is 2.46. The number of nitrogens with zero attached hydrogens (tertiary/aromatic N) is 2. The van der Waals surface area contributed by atoms with Crippen LogP contribution in [0.1, 0.15) is 60.8 Å². The average Bonchev–Trinajstić information content (AvgIpc) is 2.87. The summed E-state index contributed by atoms with van der Waals surface area (Å²) in [6.07, 6.45) is 5.21. The number of hydrogen-bond donors (Lipinski definition) is 1. The Morgan fingerprint density at radius 3 is 2.58 bits per heavy atom. The Kier molecular flexibility index (Phi) is 8.68. The van der Waals surface area contributed by atoms with Crippen LogP contribution in [-0.4, -0.2) is 46.8 Å². The lowest BCUT2D eigenvalue weighted by molar-refractivity contribution is -0.141. The standard InChI is InChI=1S/C29H36ClN3O3/c1-20-9-10-21(2)23(18-20)19-33-26-7-4-3-6-25(26)28(35)32(29(33)36)17-5-8-27(34)31-16-15-22-11-13-24(30)14-12-22/h9-14,18,25-26H,3-8,15-17,19H2,1-2H3,(H,31,34). The van der Waals surface area contributed by atoms with Gasteiger partial charge < -0.3 is 10.2 Å². The van der Waals surface area contributed by atoms with Crippen molar-refractivity contribution in [3.8, 4) is 0 Å². The molecule has 4 rings (SSSR count). The molecule has 2 fully saturated rings. The van der Waals surface area contributed by atoms with Gasteiger partial charge in [-0.25, -0.2) is 4.79 Å². The molecule has 0 bridgehead atoms. The largest absolute Gasteiger partial charge is 0.356 e.